The van der Waals surface area contributed by atoms with Crippen molar-refractivity contribution in [3.8, 4) is 0 Å². The molecule has 0 aromatic heterocycles. The van der Waals surface area contributed by atoms with Gasteiger partial charge in [0, 0.05) is 56.1 Å². The molecule has 1 unspecified atom stereocenters. The first-order chi connectivity index (χ1) is 11.6. The number of hydrogen-bond acceptors (Lipinski definition) is 4. The van der Waals surface area contributed by atoms with Crippen molar-refractivity contribution in [3.63, 3.8) is 0 Å². The van der Waals surface area contributed by atoms with Crippen molar-refractivity contribution < 1.29 is 4.79 Å². The van der Waals surface area contributed by atoms with E-state index in [1.807, 2.05) is 12.1 Å². The van der Waals surface area contributed by atoms with Gasteiger partial charge in [0.25, 0.3) is 5.91 Å². The number of piperidine rings is 1. The number of hydrogen-bond donors (Lipinski definition) is 2. The summed E-state index contributed by atoms with van der Waals surface area (Å²) in [7, 11) is 0. The molecule has 2 aliphatic rings. The van der Waals surface area contributed by atoms with Crippen molar-refractivity contribution in [2.45, 2.75) is 38.8 Å². The summed E-state index contributed by atoms with van der Waals surface area (Å²) in [6, 6.07) is 8.95. The van der Waals surface area contributed by atoms with Gasteiger partial charge in [-0.25, -0.2) is 0 Å². The largest absolute Gasteiger partial charge is 0.369 e. The second kappa shape index (κ2) is 7.99. The van der Waals surface area contributed by atoms with Gasteiger partial charge >= 0.3 is 0 Å². The minimum atomic E-state index is 0.0416. The summed E-state index contributed by atoms with van der Waals surface area (Å²) in [5.41, 5.74) is 1.97. The number of rotatable bonds is 4. The lowest BCUT2D eigenvalue weighted by Gasteiger charge is -2.38. The molecular formula is C19H30N4O. The molecular weight excluding hydrogens is 300 g/mol. The quantitative estimate of drug-likeness (QED) is 0.882. The fourth-order valence-corrected chi connectivity index (χ4v) is 3.56. The van der Waals surface area contributed by atoms with Crippen LogP contribution in [0.1, 0.15) is 37.0 Å². The van der Waals surface area contributed by atoms with Gasteiger partial charge in [-0.2, -0.15) is 0 Å². The molecule has 1 atom stereocenters. The second-order valence-corrected chi connectivity index (χ2v) is 7.18. The maximum Gasteiger partial charge on any atom is 0.251 e. The molecule has 0 radical (unpaired) electrons. The highest BCUT2D eigenvalue weighted by molar-refractivity contribution is 5.94. The Bertz CT molecular complexity index is 529. The molecule has 5 heteroatoms. The van der Waals surface area contributed by atoms with Gasteiger partial charge in [-0.1, -0.05) is 0 Å². The van der Waals surface area contributed by atoms with Crippen molar-refractivity contribution in [2.24, 2.45) is 0 Å². The zero-order chi connectivity index (χ0) is 16.9. The zero-order valence-electron chi connectivity index (χ0n) is 14.9. The van der Waals surface area contributed by atoms with Crippen LogP contribution in [-0.2, 0) is 0 Å². The number of amides is 1. The van der Waals surface area contributed by atoms with Crippen molar-refractivity contribution in [1.82, 2.24) is 15.5 Å². The van der Waals surface area contributed by atoms with E-state index in [4.69, 9.17) is 0 Å². The highest BCUT2D eigenvalue weighted by Gasteiger charge is 2.20. The molecule has 2 saturated heterocycles. The summed E-state index contributed by atoms with van der Waals surface area (Å²) in [4.78, 5) is 17.3. The lowest BCUT2D eigenvalue weighted by Crippen LogP contribution is -2.48. The van der Waals surface area contributed by atoms with Crippen LogP contribution in [0.3, 0.4) is 0 Å². The Morgan fingerprint density at radius 3 is 2.46 bits per heavy atom. The summed E-state index contributed by atoms with van der Waals surface area (Å²) < 4.78 is 0. The molecule has 0 saturated carbocycles. The second-order valence-electron chi connectivity index (χ2n) is 7.18. The molecule has 1 amide bonds. The number of nitrogens with zero attached hydrogens (tertiary/aromatic N) is 2. The van der Waals surface area contributed by atoms with Crippen LogP contribution in [0.15, 0.2) is 24.3 Å². The molecule has 24 heavy (non-hydrogen) atoms. The van der Waals surface area contributed by atoms with Crippen LogP contribution in [0.25, 0.3) is 0 Å². The minimum absolute atomic E-state index is 0.0416. The number of nitrogens with one attached hydrogen (secondary N) is 2. The van der Waals surface area contributed by atoms with Gasteiger partial charge < -0.3 is 15.5 Å². The van der Waals surface area contributed by atoms with Crippen LogP contribution in [-0.4, -0.2) is 62.2 Å². The van der Waals surface area contributed by atoms with E-state index in [1.165, 1.54) is 5.69 Å². The standard InChI is InChI=1S/C19H30N4O/c1-15(2)22-10-12-23(13-11-22)18-7-5-16(6-8-18)19(24)21-17-4-3-9-20-14-17/h5-8,15,17,20H,3-4,9-14H2,1-2H3,(H,21,24). The smallest absolute Gasteiger partial charge is 0.251 e. The van der Waals surface area contributed by atoms with E-state index in [0.29, 0.717) is 6.04 Å². The first-order valence-corrected chi connectivity index (χ1v) is 9.24. The van der Waals surface area contributed by atoms with E-state index in [1.54, 1.807) is 0 Å². The Balaban J connectivity index is 1.54. The molecule has 132 valence electrons. The van der Waals surface area contributed by atoms with Crippen molar-refractivity contribution >= 4 is 11.6 Å². The van der Waals surface area contributed by atoms with Gasteiger partial charge in [-0.05, 0) is 57.5 Å². The molecule has 5 nitrogen and oxygen atoms in total. The molecule has 1 aromatic carbocycles. The Labute approximate surface area is 145 Å². The summed E-state index contributed by atoms with van der Waals surface area (Å²) in [5, 5.41) is 6.46. The fourth-order valence-electron chi connectivity index (χ4n) is 3.56. The van der Waals surface area contributed by atoms with Crippen LogP contribution in [0, 0.1) is 0 Å². The van der Waals surface area contributed by atoms with Crippen molar-refractivity contribution in [2.75, 3.05) is 44.2 Å². The van der Waals surface area contributed by atoms with Gasteiger partial charge in [0.15, 0.2) is 0 Å². The molecule has 2 N–H and O–H groups in total. The van der Waals surface area contributed by atoms with Gasteiger partial charge in [-0.15, -0.1) is 0 Å². The lowest BCUT2D eigenvalue weighted by molar-refractivity contribution is 0.0930. The number of anilines is 1. The molecule has 2 heterocycles. The van der Waals surface area contributed by atoms with Crippen molar-refractivity contribution in [3.05, 3.63) is 29.8 Å². The topological polar surface area (TPSA) is 47.6 Å². The first kappa shape index (κ1) is 17.2. The monoisotopic (exact) mass is 330 g/mol. The third kappa shape index (κ3) is 4.28. The first-order valence-electron chi connectivity index (χ1n) is 9.24. The zero-order valence-corrected chi connectivity index (χ0v) is 14.9. The van der Waals surface area contributed by atoms with E-state index in [0.717, 1.165) is 57.7 Å². The highest BCUT2D eigenvalue weighted by Crippen LogP contribution is 2.18. The van der Waals surface area contributed by atoms with E-state index >= 15 is 0 Å². The van der Waals surface area contributed by atoms with Gasteiger partial charge in [0.1, 0.15) is 0 Å². The summed E-state index contributed by atoms with van der Waals surface area (Å²) in [6.07, 6.45) is 2.20. The van der Waals surface area contributed by atoms with Gasteiger partial charge in [-0.3, -0.25) is 9.69 Å². The average Bonchev–Trinajstić information content (AvgIpc) is 2.63. The summed E-state index contributed by atoms with van der Waals surface area (Å²) in [6.45, 7) is 10.8. The minimum Gasteiger partial charge on any atom is -0.369 e. The van der Waals surface area contributed by atoms with Crippen LogP contribution in [0.2, 0.25) is 0 Å². The molecule has 1 aromatic rings. The third-order valence-corrected chi connectivity index (χ3v) is 5.17. The van der Waals surface area contributed by atoms with Crippen molar-refractivity contribution in [1.29, 1.82) is 0 Å². The highest BCUT2D eigenvalue weighted by atomic mass is 16.1. The molecule has 0 spiro atoms. The number of piperazine rings is 1. The molecule has 2 aliphatic heterocycles. The third-order valence-electron chi connectivity index (χ3n) is 5.17. The summed E-state index contributed by atoms with van der Waals surface area (Å²) in [5.74, 6) is 0.0416. The molecule has 3 rings (SSSR count). The van der Waals surface area contributed by atoms with E-state index in [2.05, 4.69) is 46.4 Å². The fraction of sp³-hybridized carbons (Fsp3) is 0.632. The Morgan fingerprint density at radius 2 is 1.88 bits per heavy atom. The summed E-state index contributed by atoms with van der Waals surface area (Å²) >= 11 is 0. The average molecular weight is 330 g/mol. The number of carbonyl (C=O) groups excluding carboxylic acids is 1. The van der Waals surface area contributed by atoms with Gasteiger partial charge in [0.05, 0.1) is 0 Å². The Hall–Kier alpha value is -1.59. The van der Waals surface area contributed by atoms with Gasteiger partial charge in [0.2, 0.25) is 0 Å². The maximum atomic E-state index is 12.4. The lowest BCUT2D eigenvalue weighted by atomic mass is 10.1. The Kier molecular flexibility index (Phi) is 5.74. The van der Waals surface area contributed by atoms with E-state index in [-0.39, 0.29) is 11.9 Å². The molecule has 0 bridgehead atoms. The predicted molar refractivity (Wildman–Crippen MR) is 98.7 cm³/mol. The number of benzene rings is 1. The Morgan fingerprint density at radius 1 is 1.17 bits per heavy atom. The van der Waals surface area contributed by atoms with Crippen LogP contribution in [0.5, 0.6) is 0 Å². The molecule has 2 fully saturated rings. The molecule has 0 aliphatic carbocycles. The predicted octanol–water partition coefficient (Wildman–Crippen LogP) is 1.70. The van der Waals surface area contributed by atoms with Crippen LogP contribution >= 0.6 is 0 Å². The van der Waals surface area contributed by atoms with Crippen LogP contribution < -0.4 is 15.5 Å². The van der Waals surface area contributed by atoms with Crippen LogP contribution in [0.4, 0.5) is 5.69 Å². The maximum absolute atomic E-state index is 12.4. The van der Waals surface area contributed by atoms with E-state index < -0.39 is 0 Å². The van der Waals surface area contributed by atoms with E-state index in [9.17, 15) is 4.79 Å². The SMILES string of the molecule is CC(C)N1CCN(c2ccc(C(=O)NC3CCCNC3)cc2)CC1. The number of carbonyl (C=O) groups is 1. The normalized spacial score (nSPS) is 22.6.